The number of aromatic hydroxyl groups is 2. The summed E-state index contributed by atoms with van der Waals surface area (Å²) in [5, 5.41) is 33.2. The fourth-order valence-corrected chi connectivity index (χ4v) is 8.76. The second-order valence-corrected chi connectivity index (χ2v) is 15.0. The Morgan fingerprint density at radius 3 is 2.21 bits per heavy atom. The molecule has 47 heavy (non-hydrogen) atoms. The maximum Gasteiger partial charge on any atom is 0.330 e. The highest BCUT2D eigenvalue weighted by Gasteiger charge is 2.97. The van der Waals surface area contributed by atoms with Gasteiger partial charge in [-0.3, -0.25) is 9.59 Å². The first-order valence-corrected chi connectivity index (χ1v) is 16.5. The summed E-state index contributed by atoms with van der Waals surface area (Å²) < 4.78 is 20.1. The Morgan fingerprint density at radius 2 is 1.57 bits per heavy atom. The number of carbonyl (C=O) groups excluding carboxylic acids is 2. The van der Waals surface area contributed by atoms with Gasteiger partial charge in [0.25, 0.3) is 0 Å². The van der Waals surface area contributed by atoms with Crippen molar-refractivity contribution in [1.29, 1.82) is 0 Å². The molecular formula is C38H46O9. The van der Waals surface area contributed by atoms with Crippen LogP contribution in [0.1, 0.15) is 103 Å². The number of Topliss-reactive ketones (excluding diaryl/α,β-unsaturated/α-hetero) is 2. The zero-order valence-electron chi connectivity index (χ0n) is 28.6. The number of carboxylic acids is 1. The second-order valence-electron chi connectivity index (χ2n) is 15.0. The number of epoxide rings is 1. The molecule has 0 radical (unpaired) electrons. The molecule has 3 aliphatic carbocycles. The van der Waals surface area contributed by atoms with Crippen molar-refractivity contribution in [3.63, 3.8) is 0 Å². The quantitative estimate of drug-likeness (QED) is 0.148. The van der Waals surface area contributed by atoms with E-state index >= 15 is 0 Å². The van der Waals surface area contributed by atoms with Gasteiger partial charge in [0.05, 0.1) is 11.5 Å². The molecule has 3 saturated carbocycles. The van der Waals surface area contributed by atoms with E-state index in [0.29, 0.717) is 12.0 Å². The van der Waals surface area contributed by atoms with Crippen molar-refractivity contribution < 1.29 is 43.9 Å². The molecule has 3 N–H and O–H groups in total. The number of fused-ring (bicyclic) bond motifs is 1. The lowest BCUT2D eigenvalue weighted by atomic mass is 9.46. The molecule has 2 spiro atoms. The number of hydrogen-bond donors (Lipinski definition) is 3. The van der Waals surface area contributed by atoms with Gasteiger partial charge in [0.15, 0.2) is 17.0 Å². The Morgan fingerprint density at radius 1 is 0.915 bits per heavy atom. The van der Waals surface area contributed by atoms with Crippen molar-refractivity contribution in [2.75, 3.05) is 0 Å². The van der Waals surface area contributed by atoms with Crippen molar-refractivity contribution in [2.24, 2.45) is 11.8 Å². The van der Waals surface area contributed by atoms with E-state index in [1.54, 1.807) is 0 Å². The number of rotatable bonds is 10. The van der Waals surface area contributed by atoms with E-state index in [0.717, 1.165) is 24.0 Å². The van der Waals surface area contributed by atoms with Gasteiger partial charge in [-0.1, -0.05) is 41.0 Å². The third kappa shape index (κ3) is 4.45. The lowest BCUT2D eigenvalue weighted by Gasteiger charge is -2.58. The second kappa shape index (κ2) is 10.9. The van der Waals surface area contributed by atoms with Gasteiger partial charge in [0, 0.05) is 29.0 Å². The van der Waals surface area contributed by atoms with Gasteiger partial charge in [-0.15, -0.1) is 0 Å². The minimum atomic E-state index is -1.72. The van der Waals surface area contributed by atoms with E-state index in [9.17, 15) is 29.7 Å². The highest BCUT2D eigenvalue weighted by atomic mass is 16.7. The molecule has 0 amide bonds. The van der Waals surface area contributed by atoms with Gasteiger partial charge in [0.1, 0.15) is 28.9 Å². The van der Waals surface area contributed by atoms with Crippen LogP contribution in [0.3, 0.4) is 0 Å². The molecule has 9 nitrogen and oxygen atoms in total. The molecule has 252 valence electrons. The van der Waals surface area contributed by atoms with Gasteiger partial charge in [-0.2, -0.15) is 0 Å². The highest BCUT2D eigenvalue weighted by molar-refractivity contribution is 6.15. The van der Waals surface area contributed by atoms with Crippen LogP contribution < -0.4 is 4.74 Å². The van der Waals surface area contributed by atoms with E-state index in [1.165, 1.54) is 18.6 Å². The van der Waals surface area contributed by atoms with Crippen molar-refractivity contribution in [3.05, 3.63) is 63.3 Å². The number of carbonyl (C=O) groups is 3. The van der Waals surface area contributed by atoms with E-state index in [-0.39, 0.29) is 59.0 Å². The fraction of sp³-hybridized carbons (Fsp3) is 0.553. The molecule has 0 aromatic heterocycles. The fourth-order valence-electron chi connectivity index (χ4n) is 8.76. The summed E-state index contributed by atoms with van der Waals surface area (Å²) >= 11 is 0. The number of ether oxygens (including phenoxy) is 3. The van der Waals surface area contributed by atoms with E-state index in [4.69, 9.17) is 14.2 Å². The molecule has 3 heterocycles. The average molecular weight is 647 g/mol. The smallest absolute Gasteiger partial charge is 0.330 e. The first kappa shape index (κ1) is 33.2. The summed E-state index contributed by atoms with van der Waals surface area (Å²) in [4.78, 5) is 41.2. The number of ketones is 2. The Kier molecular flexibility index (Phi) is 7.72. The SMILES string of the molecule is CC(C)=CCC/C(C)=C/Cc1c(O)c(CC=C(C)C)c2c(c1O)C(=O)C13OC1C1CC4C(C)(C)OC(C/C=C(\C)C(=O)O)(C1=O)C43O2. The summed E-state index contributed by atoms with van der Waals surface area (Å²) in [6.07, 6.45) is 9.08. The van der Waals surface area contributed by atoms with Gasteiger partial charge in [-0.05, 0) is 87.5 Å². The number of carboxylic acid groups (broad SMARTS) is 1. The summed E-state index contributed by atoms with van der Waals surface area (Å²) in [5.74, 6) is -3.51. The molecule has 1 aromatic carbocycles. The molecule has 6 aliphatic rings. The van der Waals surface area contributed by atoms with Gasteiger partial charge >= 0.3 is 5.97 Å². The Hall–Kier alpha value is -3.69. The van der Waals surface area contributed by atoms with Crippen molar-refractivity contribution in [3.8, 4) is 17.2 Å². The van der Waals surface area contributed by atoms with E-state index in [2.05, 4.69) is 19.9 Å². The van der Waals surface area contributed by atoms with Gasteiger partial charge in [-0.25, -0.2) is 4.79 Å². The minimum absolute atomic E-state index is 0.0261. The van der Waals surface area contributed by atoms with Crippen LogP contribution in [0.15, 0.2) is 46.6 Å². The third-order valence-electron chi connectivity index (χ3n) is 11.1. The Bertz CT molecular complexity index is 1720. The van der Waals surface area contributed by atoms with Crippen LogP contribution in [0.4, 0.5) is 0 Å². The Labute approximate surface area is 276 Å². The van der Waals surface area contributed by atoms with Crippen molar-refractivity contribution >= 4 is 17.5 Å². The maximum atomic E-state index is 15.0. The number of phenols is 2. The van der Waals surface area contributed by atoms with E-state index < -0.39 is 52.1 Å². The lowest BCUT2D eigenvalue weighted by Crippen LogP contribution is -2.80. The molecule has 3 aliphatic heterocycles. The maximum absolute atomic E-state index is 15.0. The number of allylic oxidation sites excluding steroid dienone is 6. The van der Waals surface area contributed by atoms with Crippen LogP contribution in [0.2, 0.25) is 0 Å². The van der Waals surface area contributed by atoms with Crippen LogP contribution in [-0.2, 0) is 31.9 Å². The zero-order chi connectivity index (χ0) is 34.4. The lowest BCUT2D eigenvalue weighted by molar-refractivity contribution is -0.192. The molecule has 1 aromatic rings. The molecule has 6 unspecified atom stereocenters. The van der Waals surface area contributed by atoms with Crippen LogP contribution in [-0.4, -0.2) is 61.4 Å². The number of hydrogen-bond acceptors (Lipinski definition) is 8. The Balaban J connectivity index is 1.55. The first-order chi connectivity index (χ1) is 22.0. The summed E-state index contributed by atoms with van der Waals surface area (Å²) in [7, 11) is 0. The average Bonchev–Trinajstić information content (AvgIpc) is 3.72. The first-order valence-electron chi connectivity index (χ1n) is 16.5. The molecule has 7 rings (SSSR count). The van der Waals surface area contributed by atoms with Crippen LogP contribution in [0, 0.1) is 11.8 Å². The minimum Gasteiger partial charge on any atom is -0.507 e. The molecule has 4 bridgehead atoms. The summed E-state index contributed by atoms with van der Waals surface area (Å²) in [6.45, 7) is 15.1. The predicted molar refractivity (Wildman–Crippen MR) is 175 cm³/mol. The van der Waals surface area contributed by atoms with Crippen molar-refractivity contribution in [1.82, 2.24) is 0 Å². The molecular weight excluding hydrogens is 600 g/mol. The third-order valence-corrected chi connectivity index (χ3v) is 11.1. The largest absolute Gasteiger partial charge is 0.507 e. The monoisotopic (exact) mass is 646 g/mol. The number of benzene rings is 1. The number of phenolic OH excluding ortho intramolecular Hbond substituents is 2. The summed E-state index contributed by atoms with van der Waals surface area (Å²) in [5.41, 5.74) is -2.04. The highest BCUT2D eigenvalue weighted by Crippen LogP contribution is 2.77. The predicted octanol–water partition coefficient (Wildman–Crippen LogP) is 6.48. The topological polar surface area (TPSA) is 143 Å². The van der Waals surface area contributed by atoms with E-state index in [1.807, 2.05) is 46.8 Å². The summed E-state index contributed by atoms with van der Waals surface area (Å²) in [6, 6.07) is 0. The number of aliphatic carboxylic acids is 1. The molecule has 5 fully saturated rings. The van der Waals surface area contributed by atoms with Crippen LogP contribution in [0.25, 0.3) is 0 Å². The molecule has 9 heteroatoms. The molecule has 6 atom stereocenters. The zero-order valence-corrected chi connectivity index (χ0v) is 28.6. The van der Waals surface area contributed by atoms with Gasteiger partial charge < -0.3 is 29.5 Å². The van der Waals surface area contributed by atoms with Crippen LogP contribution >= 0.6 is 0 Å². The van der Waals surface area contributed by atoms with Crippen molar-refractivity contribution in [2.45, 2.75) is 122 Å². The standard InChI is InChI=1S/C38H46O9/c1-19(2)10-9-11-21(5)13-15-23-28(39)24(14-12-20(3)4)30-27(29(23)40)32(42)37-33(46-37)25-18-26-35(7,8)47-36(31(25)41,38(26,37)45-30)17-16-22(6)34(43)44/h10,12-13,16,25-26,33,39-40H,9,11,14-15,17-18H2,1-8H3,(H,43,44)/b21-13+,22-16+. The normalized spacial score (nSPS) is 32.6. The molecule has 2 saturated heterocycles. The van der Waals surface area contributed by atoms with Gasteiger partial charge in [0.2, 0.25) is 11.4 Å². The van der Waals surface area contributed by atoms with Crippen LogP contribution in [0.5, 0.6) is 17.2 Å².